The van der Waals surface area contributed by atoms with E-state index in [9.17, 15) is 4.79 Å². The summed E-state index contributed by atoms with van der Waals surface area (Å²) in [6, 6.07) is 8.64. The Morgan fingerprint density at radius 1 is 1.43 bits per heavy atom. The van der Waals surface area contributed by atoms with Gasteiger partial charge in [-0.05, 0) is 42.3 Å². The minimum absolute atomic E-state index is 0.0138. The molecule has 0 aliphatic heterocycles. The molecule has 1 spiro atoms. The Hall–Kier alpha value is -1.35. The number of aryl methyl sites for hydroxylation is 1. The smallest absolute Gasteiger partial charge is 0.226 e. The summed E-state index contributed by atoms with van der Waals surface area (Å²) in [6.45, 7) is 5.56. The van der Waals surface area contributed by atoms with Crippen LogP contribution in [-0.2, 0) is 16.6 Å². The maximum Gasteiger partial charge on any atom is 0.226 e. The number of nitrogens with two attached hydrogens (primary N) is 1. The topological polar surface area (TPSA) is 46.3 Å². The van der Waals surface area contributed by atoms with Crippen LogP contribution in [0.4, 0.5) is 0 Å². The van der Waals surface area contributed by atoms with Crippen molar-refractivity contribution in [1.82, 2.24) is 4.90 Å². The molecule has 0 saturated heterocycles. The quantitative estimate of drug-likeness (QED) is 0.923. The fraction of sp³-hybridized carbons (Fsp3) is 0.611. The van der Waals surface area contributed by atoms with Crippen molar-refractivity contribution in [2.24, 2.45) is 17.1 Å². The van der Waals surface area contributed by atoms with Gasteiger partial charge in [-0.15, -0.1) is 0 Å². The average Bonchev–Trinajstić information content (AvgIpc) is 3.08. The summed E-state index contributed by atoms with van der Waals surface area (Å²) in [5.74, 6) is 0.480. The van der Waals surface area contributed by atoms with E-state index in [4.69, 9.17) is 5.73 Å². The number of benzene rings is 1. The molecule has 0 radical (unpaired) electrons. The Morgan fingerprint density at radius 3 is 2.86 bits per heavy atom. The maximum atomic E-state index is 12.8. The van der Waals surface area contributed by atoms with E-state index in [0.717, 1.165) is 25.8 Å². The lowest BCUT2D eigenvalue weighted by molar-refractivity contribution is -0.132. The van der Waals surface area contributed by atoms with Gasteiger partial charge in [0.2, 0.25) is 5.91 Å². The summed E-state index contributed by atoms with van der Waals surface area (Å²) >= 11 is 0. The monoisotopic (exact) mass is 286 g/mol. The van der Waals surface area contributed by atoms with Crippen LogP contribution in [0.1, 0.15) is 37.8 Å². The fourth-order valence-corrected chi connectivity index (χ4v) is 3.97. The van der Waals surface area contributed by atoms with E-state index in [0.29, 0.717) is 12.5 Å². The summed E-state index contributed by atoms with van der Waals surface area (Å²) in [4.78, 5) is 14.7. The maximum absolute atomic E-state index is 12.8. The second-order valence-corrected chi connectivity index (χ2v) is 7.63. The number of amides is 1. The number of nitrogens with zero attached hydrogens (tertiary/aromatic N) is 1. The zero-order chi connectivity index (χ0) is 15.3. The van der Waals surface area contributed by atoms with Crippen molar-refractivity contribution in [2.75, 3.05) is 20.1 Å². The second kappa shape index (κ2) is 4.84. The Balaban J connectivity index is 1.72. The van der Waals surface area contributed by atoms with Crippen molar-refractivity contribution in [2.45, 2.75) is 38.5 Å². The molecule has 1 fully saturated rings. The van der Waals surface area contributed by atoms with Crippen LogP contribution in [0.25, 0.3) is 0 Å². The lowest BCUT2D eigenvalue weighted by atomic mass is 9.92. The third-order valence-electron chi connectivity index (χ3n) is 5.36. The molecule has 0 heterocycles. The molecule has 3 heteroatoms. The third kappa shape index (κ3) is 2.38. The van der Waals surface area contributed by atoms with Crippen LogP contribution in [0.5, 0.6) is 0 Å². The predicted octanol–water partition coefficient (Wildman–Crippen LogP) is 2.33. The number of rotatable bonds is 4. The highest BCUT2D eigenvalue weighted by atomic mass is 16.2. The van der Waals surface area contributed by atoms with Crippen LogP contribution in [0.2, 0.25) is 0 Å². The molecule has 2 aliphatic rings. The fourth-order valence-electron chi connectivity index (χ4n) is 3.97. The van der Waals surface area contributed by atoms with Gasteiger partial charge < -0.3 is 10.6 Å². The van der Waals surface area contributed by atoms with Crippen molar-refractivity contribution in [1.29, 1.82) is 0 Å². The molecule has 2 unspecified atom stereocenters. The number of carbonyl (C=O) groups is 1. The van der Waals surface area contributed by atoms with Crippen LogP contribution < -0.4 is 5.73 Å². The Bertz CT molecular complexity index is 566. The zero-order valence-electron chi connectivity index (χ0n) is 13.4. The molecule has 2 atom stereocenters. The minimum Gasteiger partial charge on any atom is -0.345 e. The van der Waals surface area contributed by atoms with Gasteiger partial charge in [0.05, 0.1) is 0 Å². The zero-order valence-corrected chi connectivity index (χ0v) is 13.4. The van der Waals surface area contributed by atoms with E-state index >= 15 is 0 Å². The first-order valence-corrected chi connectivity index (χ1v) is 7.93. The lowest BCUT2D eigenvalue weighted by Gasteiger charge is -2.29. The SMILES string of the molecule is CN(CC(C)(C)CN)C(=O)C1CC12CCc1ccccc12. The van der Waals surface area contributed by atoms with Gasteiger partial charge in [-0.2, -0.15) is 0 Å². The number of fused-ring (bicyclic) bond motifs is 2. The molecule has 0 aromatic heterocycles. The van der Waals surface area contributed by atoms with Gasteiger partial charge in [-0.3, -0.25) is 4.79 Å². The van der Waals surface area contributed by atoms with Crippen LogP contribution in [-0.4, -0.2) is 30.9 Å². The molecule has 3 nitrogen and oxygen atoms in total. The molecule has 0 bridgehead atoms. The molecule has 2 aliphatic carbocycles. The Kier molecular flexibility index (Phi) is 3.36. The molecule has 2 N–H and O–H groups in total. The minimum atomic E-state index is -0.0138. The first-order valence-electron chi connectivity index (χ1n) is 7.93. The molecule has 1 saturated carbocycles. The van der Waals surface area contributed by atoms with Crippen molar-refractivity contribution >= 4 is 5.91 Å². The van der Waals surface area contributed by atoms with E-state index in [-0.39, 0.29) is 16.7 Å². The molecule has 1 aromatic carbocycles. The normalized spacial score (nSPS) is 26.8. The van der Waals surface area contributed by atoms with E-state index in [1.54, 1.807) is 0 Å². The second-order valence-electron chi connectivity index (χ2n) is 7.63. The molecule has 21 heavy (non-hydrogen) atoms. The summed E-state index contributed by atoms with van der Waals surface area (Å²) in [7, 11) is 1.92. The molecule has 1 amide bonds. The highest BCUT2D eigenvalue weighted by Gasteiger charge is 2.61. The van der Waals surface area contributed by atoms with E-state index in [1.807, 2.05) is 11.9 Å². The molecule has 1 aromatic rings. The van der Waals surface area contributed by atoms with Crippen LogP contribution in [0, 0.1) is 11.3 Å². The first kappa shape index (κ1) is 14.6. The van der Waals surface area contributed by atoms with E-state index in [1.165, 1.54) is 11.1 Å². The van der Waals surface area contributed by atoms with Crippen molar-refractivity contribution in [3.05, 3.63) is 35.4 Å². The molecule has 114 valence electrons. The Labute approximate surface area is 127 Å². The van der Waals surface area contributed by atoms with Gasteiger partial charge >= 0.3 is 0 Å². The molecule has 3 rings (SSSR count). The summed E-state index contributed by atoms with van der Waals surface area (Å²) in [5, 5.41) is 0. The predicted molar refractivity (Wildman–Crippen MR) is 85.0 cm³/mol. The Morgan fingerprint density at radius 2 is 2.14 bits per heavy atom. The van der Waals surface area contributed by atoms with Gasteiger partial charge in [-0.25, -0.2) is 0 Å². The standard InChI is InChI=1S/C18H26N2O/c1-17(2,11-19)12-20(3)16(21)15-10-18(15)9-8-13-6-4-5-7-14(13)18/h4-7,15H,8-12,19H2,1-3H3. The van der Waals surface area contributed by atoms with Crippen molar-refractivity contribution < 1.29 is 4.79 Å². The van der Waals surface area contributed by atoms with Crippen LogP contribution in [0.3, 0.4) is 0 Å². The number of carbonyl (C=O) groups excluding carboxylic acids is 1. The van der Waals surface area contributed by atoms with Gasteiger partial charge in [0, 0.05) is 24.9 Å². The van der Waals surface area contributed by atoms with Gasteiger partial charge in [0.25, 0.3) is 0 Å². The van der Waals surface area contributed by atoms with Crippen molar-refractivity contribution in [3.8, 4) is 0 Å². The van der Waals surface area contributed by atoms with Gasteiger partial charge in [0.1, 0.15) is 0 Å². The molecular weight excluding hydrogens is 260 g/mol. The van der Waals surface area contributed by atoms with Crippen LogP contribution in [0.15, 0.2) is 24.3 Å². The molecular formula is C18H26N2O. The lowest BCUT2D eigenvalue weighted by Crippen LogP contribution is -2.41. The number of hydrogen-bond donors (Lipinski definition) is 1. The first-order chi connectivity index (χ1) is 9.89. The summed E-state index contributed by atoms with van der Waals surface area (Å²) < 4.78 is 0. The summed E-state index contributed by atoms with van der Waals surface area (Å²) in [6.07, 6.45) is 3.28. The van der Waals surface area contributed by atoms with Gasteiger partial charge in [-0.1, -0.05) is 38.1 Å². The highest BCUT2D eigenvalue weighted by Crippen LogP contribution is 2.61. The van der Waals surface area contributed by atoms with Gasteiger partial charge in [0.15, 0.2) is 0 Å². The average molecular weight is 286 g/mol. The third-order valence-corrected chi connectivity index (χ3v) is 5.36. The van der Waals surface area contributed by atoms with Crippen molar-refractivity contribution in [3.63, 3.8) is 0 Å². The van der Waals surface area contributed by atoms with Crippen LogP contribution >= 0.6 is 0 Å². The largest absolute Gasteiger partial charge is 0.345 e. The highest BCUT2D eigenvalue weighted by molar-refractivity contribution is 5.85. The number of hydrogen-bond acceptors (Lipinski definition) is 2. The van der Waals surface area contributed by atoms with E-state index < -0.39 is 0 Å². The van der Waals surface area contributed by atoms with E-state index in [2.05, 4.69) is 38.1 Å². The summed E-state index contributed by atoms with van der Waals surface area (Å²) in [5.41, 5.74) is 8.79.